The Morgan fingerprint density at radius 1 is 0.500 bits per heavy atom. The molecule has 4 nitrogen and oxygen atoms in total. The van der Waals surface area contributed by atoms with Gasteiger partial charge in [0.2, 0.25) is 0 Å². The fourth-order valence-corrected chi connectivity index (χ4v) is 6.31. The van der Waals surface area contributed by atoms with E-state index in [1.807, 2.05) is 66.7 Å². The molecule has 6 aromatic carbocycles. The van der Waals surface area contributed by atoms with Gasteiger partial charge in [0.1, 0.15) is 11.2 Å². The van der Waals surface area contributed by atoms with Crippen molar-refractivity contribution in [3.8, 4) is 45.3 Å². The number of furan rings is 1. The van der Waals surface area contributed by atoms with Gasteiger partial charge in [-0.05, 0) is 52.1 Å². The summed E-state index contributed by atoms with van der Waals surface area (Å²) in [6.45, 7) is 3.75. The van der Waals surface area contributed by atoms with Gasteiger partial charge in [-0.25, -0.2) is 15.0 Å². The van der Waals surface area contributed by atoms with Gasteiger partial charge in [0.25, 0.3) is 0 Å². The number of nitrogens with zero attached hydrogens (tertiary/aromatic N) is 3. The molecule has 0 amide bonds. The molecule has 0 spiro atoms. The van der Waals surface area contributed by atoms with Crippen LogP contribution in [0.2, 0.25) is 0 Å². The Labute approximate surface area is 279 Å². The van der Waals surface area contributed by atoms with Gasteiger partial charge >= 0.3 is 0 Å². The summed E-state index contributed by atoms with van der Waals surface area (Å²) in [5, 5.41) is 4.28. The van der Waals surface area contributed by atoms with Crippen LogP contribution < -0.4 is 0 Å². The van der Waals surface area contributed by atoms with E-state index < -0.39 is 0 Å². The Kier molecular flexibility index (Phi) is 7.73. The number of fused-ring (bicyclic) bond motifs is 4. The maximum absolute atomic E-state index is 6.37. The van der Waals surface area contributed by atoms with E-state index in [1.165, 1.54) is 10.9 Å². The highest BCUT2D eigenvalue weighted by atomic mass is 16.3. The second-order valence-electron chi connectivity index (χ2n) is 11.6. The first kappa shape index (κ1) is 29.0. The van der Waals surface area contributed by atoms with Crippen LogP contribution in [0.3, 0.4) is 0 Å². The average molecular weight is 618 g/mol. The van der Waals surface area contributed by atoms with Crippen molar-refractivity contribution >= 4 is 32.7 Å². The quantitative estimate of drug-likeness (QED) is 0.159. The van der Waals surface area contributed by atoms with E-state index in [4.69, 9.17) is 19.4 Å². The maximum atomic E-state index is 6.37. The molecule has 0 unspecified atom stereocenters. The molecule has 0 radical (unpaired) electrons. The summed E-state index contributed by atoms with van der Waals surface area (Å²) in [7, 11) is 0. The van der Waals surface area contributed by atoms with Gasteiger partial charge in [-0.1, -0.05) is 152 Å². The molecule has 8 aromatic rings. The molecule has 2 heterocycles. The Balaban J connectivity index is 1.33. The van der Waals surface area contributed by atoms with Crippen LogP contribution in [0.4, 0.5) is 0 Å². The molecule has 48 heavy (non-hydrogen) atoms. The van der Waals surface area contributed by atoms with E-state index in [-0.39, 0.29) is 0 Å². The van der Waals surface area contributed by atoms with Gasteiger partial charge in [-0.3, -0.25) is 0 Å². The van der Waals surface area contributed by atoms with Gasteiger partial charge in [-0.2, -0.15) is 0 Å². The first-order valence-corrected chi connectivity index (χ1v) is 16.0. The third-order valence-corrected chi connectivity index (χ3v) is 8.60. The van der Waals surface area contributed by atoms with Gasteiger partial charge < -0.3 is 4.42 Å². The Hall–Kier alpha value is -6.39. The highest BCUT2D eigenvalue weighted by Crippen LogP contribution is 2.39. The fourth-order valence-electron chi connectivity index (χ4n) is 6.31. The molecule has 0 aliphatic heterocycles. The van der Waals surface area contributed by atoms with E-state index >= 15 is 0 Å². The number of allylic oxidation sites excluding steroid dienone is 5. The molecule has 0 N–H and O–H groups in total. The largest absolute Gasteiger partial charge is 0.456 e. The summed E-state index contributed by atoms with van der Waals surface area (Å²) in [5.41, 5.74) is 7.92. The van der Waals surface area contributed by atoms with E-state index in [9.17, 15) is 0 Å². The molecule has 2 aromatic heterocycles. The minimum absolute atomic E-state index is 0.599. The predicted octanol–water partition coefficient (Wildman–Crippen LogP) is 11.4. The Morgan fingerprint density at radius 2 is 1.21 bits per heavy atom. The average Bonchev–Trinajstić information content (AvgIpc) is 3.53. The van der Waals surface area contributed by atoms with Crippen molar-refractivity contribution in [2.24, 2.45) is 0 Å². The molecule has 4 heteroatoms. The van der Waals surface area contributed by atoms with E-state index in [0.29, 0.717) is 17.5 Å². The molecular weight excluding hydrogens is 587 g/mol. The molecule has 0 aliphatic rings. The lowest BCUT2D eigenvalue weighted by molar-refractivity contribution is 0.669. The zero-order chi connectivity index (χ0) is 32.3. The number of hydrogen-bond donors (Lipinski definition) is 0. The summed E-state index contributed by atoms with van der Waals surface area (Å²) >= 11 is 0. The van der Waals surface area contributed by atoms with Gasteiger partial charge in [0.15, 0.2) is 17.5 Å². The lowest BCUT2D eigenvalue weighted by Crippen LogP contribution is -2.01. The molecule has 0 fully saturated rings. The lowest BCUT2D eigenvalue weighted by atomic mass is 9.97. The SMILES string of the molecule is C=C/C=C\C=C/Cc1ccc(-c2nc(-c3ccccc3)nc(-c3cccc4oc5ccc(-c6ccccc6)cc5c34)n2)c2ccccc12. The smallest absolute Gasteiger partial charge is 0.164 e. The minimum Gasteiger partial charge on any atom is -0.456 e. The monoisotopic (exact) mass is 617 g/mol. The highest BCUT2D eigenvalue weighted by Gasteiger charge is 2.19. The van der Waals surface area contributed by atoms with Crippen LogP contribution in [0.1, 0.15) is 5.56 Å². The Morgan fingerprint density at radius 3 is 2.00 bits per heavy atom. The van der Waals surface area contributed by atoms with Crippen molar-refractivity contribution in [2.45, 2.75) is 6.42 Å². The maximum Gasteiger partial charge on any atom is 0.164 e. The van der Waals surface area contributed by atoms with Gasteiger partial charge in [0.05, 0.1) is 0 Å². The van der Waals surface area contributed by atoms with Crippen LogP contribution >= 0.6 is 0 Å². The van der Waals surface area contributed by atoms with Crippen LogP contribution in [-0.4, -0.2) is 15.0 Å². The fraction of sp³-hybridized carbons (Fsp3) is 0.0227. The highest BCUT2D eigenvalue weighted by molar-refractivity contribution is 6.13. The first-order valence-electron chi connectivity index (χ1n) is 16.0. The summed E-state index contributed by atoms with van der Waals surface area (Å²) < 4.78 is 6.37. The zero-order valence-corrected chi connectivity index (χ0v) is 26.3. The zero-order valence-electron chi connectivity index (χ0n) is 26.3. The van der Waals surface area contributed by atoms with Crippen molar-refractivity contribution in [2.75, 3.05) is 0 Å². The van der Waals surface area contributed by atoms with Crippen LogP contribution in [0, 0.1) is 0 Å². The molecule has 0 saturated carbocycles. The van der Waals surface area contributed by atoms with Gasteiger partial charge in [0, 0.05) is 27.5 Å². The molecular formula is C44H31N3O. The molecule has 0 saturated heterocycles. The molecule has 228 valence electrons. The van der Waals surface area contributed by atoms with Crippen molar-refractivity contribution in [1.29, 1.82) is 0 Å². The standard InChI is InChI=1S/C44H31N3O/c1-2-3-4-5-8-18-31-25-27-36(35-22-14-13-21-34(31)35)43-45-42(32-19-11-7-12-20-32)46-44(47-43)37-23-15-24-40-41(37)38-29-33(26-28-39(38)48-40)30-16-9-6-10-17-30/h2-17,19-29H,1,18H2/b4-3-,8-5-. The lowest BCUT2D eigenvalue weighted by Gasteiger charge is -2.12. The molecule has 0 bridgehead atoms. The van der Waals surface area contributed by atoms with Crippen LogP contribution in [0.25, 0.3) is 78.0 Å². The van der Waals surface area contributed by atoms with E-state index in [0.717, 1.165) is 61.6 Å². The van der Waals surface area contributed by atoms with E-state index in [2.05, 4.69) is 97.6 Å². The minimum atomic E-state index is 0.599. The topological polar surface area (TPSA) is 51.8 Å². The number of aromatic nitrogens is 3. The number of hydrogen-bond acceptors (Lipinski definition) is 4. The second-order valence-corrected chi connectivity index (χ2v) is 11.6. The molecule has 8 rings (SSSR count). The van der Waals surface area contributed by atoms with Gasteiger partial charge in [-0.15, -0.1) is 0 Å². The summed E-state index contributed by atoms with van der Waals surface area (Å²) in [5.74, 6) is 1.85. The molecule has 0 aliphatic carbocycles. The van der Waals surface area contributed by atoms with Crippen molar-refractivity contribution in [1.82, 2.24) is 15.0 Å². The van der Waals surface area contributed by atoms with Crippen LogP contribution in [-0.2, 0) is 6.42 Å². The first-order chi connectivity index (χ1) is 23.8. The van der Waals surface area contributed by atoms with Crippen LogP contribution in [0.15, 0.2) is 175 Å². The summed E-state index contributed by atoms with van der Waals surface area (Å²) in [4.78, 5) is 15.4. The summed E-state index contributed by atoms with van der Waals surface area (Å²) in [6, 6.07) is 45.8. The third kappa shape index (κ3) is 5.50. The normalized spacial score (nSPS) is 11.8. The third-order valence-electron chi connectivity index (χ3n) is 8.60. The molecule has 0 atom stereocenters. The van der Waals surface area contributed by atoms with Crippen molar-refractivity contribution in [3.05, 3.63) is 176 Å². The second kappa shape index (κ2) is 12.8. The summed E-state index contributed by atoms with van der Waals surface area (Å²) in [6.07, 6.45) is 10.7. The number of benzene rings is 6. The van der Waals surface area contributed by atoms with Crippen LogP contribution in [0.5, 0.6) is 0 Å². The Bertz CT molecular complexity index is 2490. The van der Waals surface area contributed by atoms with Crippen molar-refractivity contribution in [3.63, 3.8) is 0 Å². The van der Waals surface area contributed by atoms with Crippen molar-refractivity contribution < 1.29 is 4.42 Å². The number of rotatable bonds is 8. The predicted molar refractivity (Wildman–Crippen MR) is 199 cm³/mol. The van der Waals surface area contributed by atoms with E-state index in [1.54, 1.807) is 6.08 Å².